The van der Waals surface area contributed by atoms with Gasteiger partial charge in [0.05, 0.1) is 5.60 Å². The molecular formula is C20H35NO3. The summed E-state index contributed by atoms with van der Waals surface area (Å²) in [5, 5.41) is 20.7. The zero-order chi connectivity index (χ0) is 17.4. The van der Waals surface area contributed by atoms with Gasteiger partial charge in [-0.05, 0) is 62.2 Å². The standard InChI is InChI=1S/C20H35NO3/c1-2-3-4-5-6-7-8-20(21,18(22)23)17-15-9-14-10-16(17)13-19(24,11-14)12-15/h14-17,24H,2-13,21H2,1H3,(H,22,23). The minimum Gasteiger partial charge on any atom is -0.480 e. The molecule has 4 rings (SSSR count). The molecule has 0 heterocycles. The number of aliphatic hydroxyl groups is 1. The second-order valence-corrected chi connectivity index (χ2v) is 9.08. The molecule has 0 aromatic carbocycles. The smallest absolute Gasteiger partial charge is 0.323 e. The Bertz CT molecular complexity index is 450. The number of carbonyl (C=O) groups is 1. The van der Waals surface area contributed by atoms with Gasteiger partial charge in [0, 0.05) is 0 Å². The lowest BCUT2D eigenvalue weighted by molar-refractivity contribution is -0.180. The van der Waals surface area contributed by atoms with Gasteiger partial charge in [-0.3, -0.25) is 4.79 Å². The summed E-state index contributed by atoms with van der Waals surface area (Å²) in [5.74, 6) is 0.448. The van der Waals surface area contributed by atoms with Crippen molar-refractivity contribution in [1.82, 2.24) is 0 Å². The predicted molar refractivity (Wildman–Crippen MR) is 94.5 cm³/mol. The van der Waals surface area contributed by atoms with Crippen molar-refractivity contribution in [3.63, 3.8) is 0 Å². The summed E-state index contributed by atoms with van der Waals surface area (Å²) in [6, 6.07) is 0. The maximum absolute atomic E-state index is 12.1. The Balaban J connectivity index is 1.64. The Morgan fingerprint density at radius 2 is 1.67 bits per heavy atom. The Kier molecular flexibility index (Phi) is 5.27. The fourth-order valence-electron chi connectivity index (χ4n) is 6.44. The van der Waals surface area contributed by atoms with E-state index >= 15 is 0 Å². The Morgan fingerprint density at radius 1 is 1.08 bits per heavy atom. The number of unbranched alkanes of at least 4 members (excludes halogenated alkanes) is 5. The van der Waals surface area contributed by atoms with Crippen LogP contribution < -0.4 is 5.73 Å². The predicted octanol–water partition coefficient (Wildman–Crippen LogP) is 3.71. The van der Waals surface area contributed by atoms with Crippen LogP contribution in [-0.4, -0.2) is 27.3 Å². The molecule has 0 aromatic rings. The van der Waals surface area contributed by atoms with Crippen molar-refractivity contribution in [2.24, 2.45) is 29.4 Å². The van der Waals surface area contributed by atoms with Gasteiger partial charge in [0.15, 0.2) is 0 Å². The van der Waals surface area contributed by atoms with Crippen LogP contribution in [0.15, 0.2) is 0 Å². The molecule has 0 aromatic heterocycles. The van der Waals surface area contributed by atoms with Crippen molar-refractivity contribution < 1.29 is 15.0 Å². The second kappa shape index (κ2) is 6.95. The second-order valence-electron chi connectivity index (χ2n) is 9.08. The fourth-order valence-corrected chi connectivity index (χ4v) is 6.44. The molecule has 4 nitrogen and oxygen atoms in total. The Hall–Kier alpha value is -0.610. The Morgan fingerprint density at radius 3 is 2.21 bits per heavy atom. The van der Waals surface area contributed by atoms with Crippen molar-refractivity contribution in [2.75, 3.05) is 0 Å². The molecule has 4 N–H and O–H groups in total. The van der Waals surface area contributed by atoms with Crippen LogP contribution in [0.4, 0.5) is 0 Å². The zero-order valence-electron chi connectivity index (χ0n) is 15.2. The normalized spacial score (nSPS) is 39.8. The third-order valence-corrected chi connectivity index (χ3v) is 7.18. The maximum atomic E-state index is 12.1. The van der Waals surface area contributed by atoms with Crippen molar-refractivity contribution in [2.45, 2.75) is 95.1 Å². The van der Waals surface area contributed by atoms with E-state index in [2.05, 4.69) is 6.92 Å². The minimum atomic E-state index is -1.09. The van der Waals surface area contributed by atoms with Crippen molar-refractivity contribution >= 4 is 5.97 Å². The molecule has 4 aliphatic carbocycles. The lowest BCUT2D eigenvalue weighted by atomic mass is 9.46. The molecule has 0 amide bonds. The van der Waals surface area contributed by atoms with Crippen LogP contribution in [0.1, 0.15) is 84.0 Å². The molecule has 138 valence electrons. The van der Waals surface area contributed by atoms with E-state index in [4.69, 9.17) is 5.73 Å². The first-order valence-electron chi connectivity index (χ1n) is 10.1. The highest BCUT2D eigenvalue weighted by Crippen LogP contribution is 2.60. The molecule has 4 bridgehead atoms. The highest BCUT2D eigenvalue weighted by Gasteiger charge is 2.60. The van der Waals surface area contributed by atoms with Gasteiger partial charge in [-0.1, -0.05) is 45.4 Å². The van der Waals surface area contributed by atoms with Gasteiger partial charge in [-0.25, -0.2) is 0 Å². The van der Waals surface area contributed by atoms with Crippen LogP contribution in [0.25, 0.3) is 0 Å². The third-order valence-electron chi connectivity index (χ3n) is 7.18. The first kappa shape index (κ1) is 18.2. The van der Waals surface area contributed by atoms with E-state index in [0.717, 1.165) is 44.9 Å². The highest BCUT2D eigenvalue weighted by molar-refractivity contribution is 5.79. The van der Waals surface area contributed by atoms with Crippen molar-refractivity contribution in [3.8, 4) is 0 Å². The van der Waals surface area contributed by atoms with Crippen LogP contribution in [0.3, 0.4) is 0 Å². The van der Waals surface area contributed by atoms with E-state index in [1.807, 2.05) is 0 Å². The maximum Gasteiger partial charge on any atom is 0.323 e. The van der Waals surface area contributed by atoms with Gasteiger partial charge >= 0.3 is 5.97 Å². The van der Waals surface area contributed by atoms with E-state index in [-0.39, 0.29) is 5.92 Å². The summed E-state index contributed by atoms with van der Waals surface area (Å²) in [7, 11) is 0. The van der Waals surface area contributed by atoms with Crippen LogP contribution in [0.5, 0.6) is 0 Å². The van der Waals surface area contributed by atoms with E-state index in [1.165, 1.54) is 25.7 Å². The van der Waals surface area contributed by atoms with E-state index in [1.54, 1.807) is 0 Å². The van der Waals surface area contributed by atoms with Crippen LogP contribution >= 0.6 is 0 Å². The third kappa shape index (κ3) is 3.37. The molecule has 4 fully saturated rings. The van der Waals surface area contributed by atoms with Crippen LogP contribution in [0, 0.1) is 23.7 Å². The molecule has 3 unspecified atom stereocenters. The number of carboxylic acid groups (broad SMARTS) is 1. The minimum absolute atomic E-state index is 0.0578. The number of aliphatic carboxylic acids is 1. The van der Waals surface area contributed by atoms with E-state index in [0.29, 0.717) is 24.2 Å². The van der Waals surface area contributed by atoms with Gasteiger partial charge in [0.2, 0.25) is 0 Å². The van der Waals surface area contributed by atoms with Gasteiger partial charge in [-0.2, -0.15) is 0 Å². The largest absolute Gasteiger partial charge is 0.480 e. The molecule has 0 radical (unpaired) electrons. The van der Waals surface area contributed by atoms with E-state index in [9.17, 15) is 15.0 Å². The lowest BCUT2D eigenvalue weighted by Crippen LogP contribution is -2.66. The summed E-state index contributed by atoms with van der Waals surface area (Å²) in [5.41, 5.74) is 4.95. The highest BCUT2D eigenvalue weighted by atomic mass is 16.4. The molecular weight excluding hydrogens is 302 g/mol. The van der Waals surface area contributed by atoms with E-state index < -0.39 is 17.1 Å². The zero-order valence-corrected chi connectivity index (χ0v) is 15.2. The first-order valence-corrected chi connectivity index (χ1v) is 10.1. The number of hydrogen-bond donors (Lipinski definition) is 3. The van der Waals surface area contributed by atoms with Gasteiger partial charge in [0.25, 0.3) is 0 Å². The number of hydrogen-bond acceptors (Lipinski definition) is 3. The summed E-state index contributed by atoms with van der Waals surface area (Å²) < 4.78 is 0. The molecule has 24 heavy (non-hydrogen) atoms. The number of rotatable bonds is 9. The lowest BCUT2D eigenvalue weighted by Gasteiger charge is -2.61. The number of carboxylic acids is 1. The monoisotopic (exact) mass is 337 g/mol. The molecule has 4 aliphatic rings. The molecule has 0 spiro atoms. The molecule has 0 saturated heterocycles. The molecule has 0 aliphatic heterocycles. The molecule has 4 heteroatoms. The summed E-state index contributed by atoms with van der Waals surface area (Å²) >= 11 is 0. The van der Waals surface area contributed by atoms with Gasteiger partial charge in [0.1, 0.15) is 5.54 Å². The SMILES string of the molecule is CCCCCCCCC(N)(C(=O)O)C1C2CC3CC1CC(O)(C3)C2. The van der Waals surface area contributed by atoms with Gasteiger partial charge < -0.3 is 15.9 Å². The topological polar surface area (TPSA) is 83.6 Å². The van der Waals surface area contributed by atoms with Crippen molar-refractivity contribution in [3.05, 3.63) is 0 Å². The average molecular weight is 338 g/mol. The van der Waals surface area contributed by atoms with Gasteiger partial charge in [-0.15, -0.1) is 0 Å². The fraction of sp³-hybridized carbons (Fsp3) is 0.950. The first-order chi connectivity index (χ1) is 11.4. The molecule has 3 atom stereocenters. The van der Waals surface area contributed by atoms with Crippen LogP contribution in [0.2, 0.25) is 0 Å². The summed E-state index contributed by atoms with van der Waals surface area (Å²) in [4.78, 5) is 12.1. The number of nitrogens with two attached hydrogens (primary N) is 1. The Labute approximate surface area is 146 Å². The summed E-state index contributed by atoms with van der Waals surface area (Å²) in [6.07, 6.45) is 12.1. The summed E-state index contributed by atoms with van der Waals surface area (Å²) in [6.45, 7) is 2.20. The van der Waals surface area contributed by atoms with Crippen molar-refractivity contribution in [1.29, 1.82) is 0 Å². The molecule has 4 saturated carbocycles. The van der Waals surface area contributed by atoms with Crippen LogP contribution in [-0.2, 0) is 4.79 Å². The average Bonchev–Trinajstić information content (AvgIpc) is 2.48. The quantitative estimate of drug-likeness (QED) is 0.560.